The Kier molecular flexibility index (Phi) is 7.27. The molecule has 0 aliphatic heterocycles. The minimum Gasteiger partial charge on any atom is -0.452 e. The summed E-state index contributed by atoms with van der Waals surface area (Å²) in [6.45, 7) is 7.67. The van der Waals surface area contributed by atoms with Gasteiger partial charge in [-0.25, -0.2) is 4.79 Å². The first-order valence-corrected chi connectivity index (χ1v) is 9.46. The zero-order chi connectivity index (χ0) is 20.1. The van der Waals surface area contributed by atoms with E-state index >= 15 is 0 Å². The molecule has 0 bridgehead atoms. The zero-order valence-corrected chi connectivity index (χ0v) is 17.4. The van der Waals surface area contributed by atoms with E-state index < -0.39 is 18.5 Å². The lowest BCUT2D eigenvalue weighted by molar-refractivity contribution is -0.119. The van der Waals surface area contributed by atoms with E-state index in [1.165, 1.54) is 0 Å². The van der Waals surface area contributed by atoms with Crippen molar-refractivity contribution >= 4 is 40.8 Å². The molecule has 1 amide bonds. The van der Waals surface area contributed by atoms with Crippen molar-refractivity contribution in [2.75, 3.05) is 11.9 Å². The maximum absolute atomic E-state index is 12.3. The lowest BCUT2D eigenvalue weighted by atomic mass is 10.1. The van der Waals surface area contributed by atoms with E-state index in [1.54, 1.807) is 17.7 Å². The van der Waals surface area contributed by atoms with Crippen LogP contribution in [0.2, 0.25) is 10.2 Å². The van der Waals surface area contributed by atoms with Gasteiger partial charge in [-0.3, -0.25) is 9.48 Å². The molecule has 8 heteroatoms. The Morgan fingerprint density at radius 3 is 2.56 bits per heavy atom. The monoisotopic (exact) mass is 411 g/mol. The minimum atomic E-state index is -0.679. The normalized spacial score (nSPS) is 10.7. The van der Waals surface area contributed by atoms with Crippen molar-refractivity contribution in [1.29, 1.82) is 0 Å². The molecule has 0 unspecified atom stereocenters. The van der Waals surface area contributed by atoms with Gasteiger partial charge in [-0.1, -0.05) is 42.6 Å². The van der Waals surface area contributed by atoms with Gasteiger partial charge >= 0.3 is 5.97 Å². The van der Waals surface area contributed by atoms with E-state index in [-0.39, 0.29) is 10.7 Å². The number of unbranched alkanes of at least 4 members (excludes halogenated alkanes) is 1. The van der Waals surface area contributed by atoms with Crippen LogP contribution in [0.25, 0.3) is 0 Å². The Morgan fingerprint density at radius 1 is 1.22 bits per heavy atom. The number of anilines is 1. The van der Waals surface area contributed by atoms with Crippen LogP contribution in [-0.2, 0) is 16.1 Å². The number of nitrogens with zero attached hydrogens (tertiary/aromatic N) is 2. The van der Waals surface area contributed by atoms with E-state index in [9.17, 15) is 9.59 Å². The third kappa shape index (κ3) is 5.23. The lowest BCUT2D eigenvalue weighted by Crippen LogP contribution is -2.22. The Labute approximate surface area is 168 Å². The first kappa shape index (κ1) is 21.3. The predicted molar refractivity (Wildman–Crippen MR) is 107 cm³/mol. The maximum Gasteiger partial charge on any atom is 0.343 e. The summed E-state index contributed by atoms with van der Waals surface area (Å²) < 4.78 is 6.69. The van der Waals surface area contributed by atoms with Crippen LogP contribution in [0.4, 0.5) is 5.69 Å². The van der Waals surface area contributed by atoms with Gasteiger partial charge in [0.15, 0.2) is 6.61 Å². The summed E-state index contributed by atoms with van der Waals surface area (Å²) in [5, 5.41) is 7.59. The van der Waals surface area contributed by atoms with Gasteiger partial charge in [0.2, 0.25) is 0 Å². The molecule has 0 radical (unpaired) electrons. The highest BCUT2D eigenvalue weighted by molar-refractivity contribution is 6.34. The molecule has 0 saturated heterocycles. The molecule has 1 N–H and O–H groups in total. The van der Waals surface area contributed by atoms with Crippen molar-refractivity contribution in [2.45, 2.75) is 47.1 Å². The largest absolute Gasteiger partial charge is 0.452 e. The molecule has 1 aromatic heterocycles. The van der Waals surface area contributed by atoms with Gasteiger partial charge in [-0.15, -0.1) is 0 Å². The second-order valence-electron chi connectivity index (χ2n) is 6.39. The number of carbonyl (C=O) groups excluding carboxylic acids is 2. The highest BCUT2D eigenvalue weighted by atomic mass is 35.5. The molecular weight excluding hydrogens is 389 g/mol. The van der Waals surface area contributed by atoms with Gasteiger partial charge in [-0.05, 0) is 44.4 Å². The molecule has 0 atom stereocenters. The Balaban J connectivity index is 2.02. The number of hydrogen-bond acceptors (Lipinski definition) is 4. The molecule has 146 valence electrons. The molecule has 2 rings (SSSR count). The number of ether oxygens (including phenoxy) is 1. The van der Waals surface area contributed by atoms with Crippen molar-refractivity contribution in [2.24, 2.45) is 0 Å². The lowest BCUT2D eigenvalue weighted by Gasteiger charge is -2.11. The van der Waals surface area contributed by atoms with E-state index in [0.717, 1.165) is 24.0 Å². The van der Waals surface area contributed by atoms with Crippen molar-refractivity contribution in [1.82, 2.24) is 9.78 Å². The van der Waals surface area contributed by atoms with E-state index in [4.69, 9.17) is 27.9 Å². The summed E-state index contributed by atoms with van der Waals surface area (Å²) in [6, 6.07) is 3.66. The molecule has 0 aliphatic carbocycles. The molecule has 6 nitrogen and oxygen atoms in total. The number of esters is 1. The van der Waals surface area contributed by atoms with Gasteiger partial charge in [0.05, 0.1) is 16.4 Å². The molecule has 1 aromatic carbocycles. The number of halogens is 2. The topological polar surface area (TPSA) is 73.2 Å². The Bertz CT molecular complexity index is 839. The van der Waals surface area contributed by atoms with Crippen LogP contribution in [0.15, 0.2) is 12.1 Å². The fourth-order valence-corrected chi connectivity index (χ4v) is 3.40. The van der Waals surface area contributed by atoms with Crippen molar-refractivity contribution < 1.29 is 14.3 Å². The summed E-state index contributed by atoms with van der Waals surface area (Å²) in [5.74, 6) is -1.16. The van der Waals surface area contributed by atoms with Crippen molar-refractivity contribution in [3.63, 3.8) is 0 Å². The summed E-state index contributed by atoms with van der Waals surface area (Å²) in [6.07, 6.45) is 1.88. The number of aryl methyl sites for hydroxylation is 4. The van der Waals surface area contributed by atoms with Crippen LogP contribution in [0, 0.1) is 20.8 Å². The number of nitrogens with one attached hydrogen (secondary N) is 1. The van der Waals surface area contributed by atoms with Crippen LogP contribution >= 0.6 is 23.2 Å². The van der Waals surface area contributed by atoms with Crippen LogP contribution < -0.4 is 5.32 Å². The van der Waals surface area contributed by atoms with Crippen LogP contribution in [0.5, 0.6) is 0 Å². The first-order chi connectivity index (χ1) is 12.7. The molecule has 0 aliphatic rings. The van der Waals surface area contributed by atoms with Gasteiger partial charge < -0.3 is 10.1 Å². The van der Waals surface area contributed by atoms with Gasteiger partial charge in [0.25, 0.3) is 5.91 Å². The fraction of sp³-hybridized carbons (Fsp3) is 0.421. The van der Waals surface area contributed by atoms with E-state index in [2.05, 4.69) is 17.3 Å². The number of rotatable bonds is 7. The van der Waals surface area contributed by atoms with Gasteiger partial charge in [0.1, 0.15) is 10.7 Å². The molecular formula is C19H23Cl2N3O3. The molecule has 0 fully saturated rings. The number of carbonyl (C=O) groups is 2. The minimum absolute atomic E-state index is 0.185. The van der Waals surface area contributed by atoms with Gasteiger partial charge in [0, 0.05) is 6.54 Å². The molecule has 2 aromatic rings. The van der Waals surface area contributed by atoms with Crippen molar-refractivity contribution in [3.05, 3.63) is 44.7 Å². The third-order valence-electron chi connectivity index (χ3n) is 4.02. The average molecular weight is 412 g/mol. The second kappa shape index (κ2) is 9.24. The fourth-order valence-electron chi connectivity index (χ4n) is 2.69. The highest BCUT2D eigenvalue weighted by Crippen LogP contribution is 2.27. The summed E-state index contributed by atoms with van der Waals surface area (Å²) in [4.78, 5) is 24.5. The highest BCUT2D eigenvalue weighted by Gasteiger charge is 2.22. The van der Waals surface area contributed by atoms with Crippen molar-refractivity contribution in [3.8, 4) is 0 Å². The van der Waals surface area contributed by atoms with E-state index in [1.807, 2.05) is 19.9 Å². The smallest absolute Gasteiger partial charge is 0.343 e. The number of hydrogen-bond donors (Lipinski definition) is 1. The Hall–Kier alpha value is -2.05. The summed E-state index contributed by atoms with van der Waals surface area (Å²) >= 11 is 12.4. The predicted octanol–water partition coefficient (Wildman–Crippen LogP) is 4.71. The number of aromatic nitrogens is 2. The molecule has 0 spiro atoms. The first-order valence-electron chi connectivity index (χ1n) is 8.71. The second-order valence-corrected chi connectivity index (χ2v) is 7.16. The third-order valence-corrected chi connectivity index (χ3v) is 4.71. The summed E-state index contributed by atoms with van der Waals surface area (Å²) in [7, 11) is 0. The van der Waals surface area contributed by atoms with Gasteiger partial charge in [-0.2, -0.15) is 5.10 Å². The van der Waals surface area contributed by atoms with Crippen LogP contribution in [0.1, 0.15) is 46.9 Å². The quantitative estimate of drug-likeness (QED) is 0.669. The average Bonchev–Trinajstić information content (AvgIpc) is 2.87. The molecule has 0 saturated carbocycles. The van der Waals surface area contributed by atoms with E-state index in [0.29, 0.717) is 22.9 Å². The molecule has 27 heavy (non-hydrogen) atoms. The van der Waals surface area contributed by atoms with Crippen LogP contribution in [-0.4, -0.2) is 28.3 Å². The molecule has 1 heterocycles. The van der Waals surface area contributed by atoms with Crippen LogP contribution in [0.3, 0.4) is 0 Å². The Morgan fingerprint density at radius 2 is 1.93 bits per heavy atom. The maximum atomic E-state index is 12.3. The number of benzene rings is 1. The zero-order valence-electron chi connectivity index (χ0n) is 15.9. The number of amides is 1. The summed E-state index contributed by atoms with van der Waals surface area (Å²) in [5.41, 5.74) is 2.98. The SMILES string of the molecule is CCCCn1nc(C)c(C(=O)OCC(=O)Nc2c(C)cc(C)cc2Cl)c1Cl. The standard InChI is InChI=1S/C19H23Cl2N3O3/c1-5-6-7-24-18(21)16(13(4)23-24)19(26)27-10-15(25)22-17-12(3)8-11(2)9-14(17)20/h8-9H,5-7,10H2,1-4H3,(H,22,25).